The molecule has 0 N–H and O–H groups in total. The number of carbonyl (C=O) groups excluding carboxylic acids is 1. The van der Waals surface area contributed by atoms with E-state index in [0.717, 1.165) is 19.7 Å². The molecule has 0 saturated carbocycles. The predicted molar refractivity (Wildman–Crippen MR) is 83.2 cm³/mol. The first-order chi connectivity index (χ1) is 10.3. The quantitative estimate of drug-likeness (QED) is 0.798. The molecule has 3 heterocycles. The van der Waals surface area contributed by atoms with E-state index in [1.807, 2.05) is 6.92 Å². The van der Waals surface area contributed by atoms with Crippen molar-refractivity contribution < 1.29 is 9.53 Å². The average molecular weight is 294 g/mol. The lowest BCUT2D eigenvalue weighted by Crippen LogP contribution is -2.50. The second-order valence-corrected chi connectivity index (χ2v) is 6.84. The zero-order valence-corrected chi connectivity index (χ0v) is 13.4. The lowest BCUT2D eigenvalue weighted by molar-refractivity contribution is -0.132. The molecule has 0 radical (unpaired) electrons. The number of hydrogen-bond acceptors (Lipinski definition) is 3. The molecule has 3 saturated heterocycles. The highest BCUT2D eigenvalue weighted by molar-refractivity contribution is 5.76. The number of carbonyl (C=O) groups is 1. The van der Waals surface area contributed by atoms with Crippen LogP contribution in [0.2, 0.25) is 0 Å². The molecule has 1 amide bonds. The van der Waals surface area contributed by atoms with E-state index in [1.54, 1.807) is 0 Å². The largest absolute Gasteiger partial charge is 0.377 e. The molecule has 0 spiro atoms. The minimum Gasteiger partial charge on any atom is -0.377 e. The van der Waals surface area contributed by atoms with Crippen molar-refractivity contribution >= 4 is 5.91 Å². The van der Waals surface area contributed by atoms with Crippen LogP contribution in [0.3, 0.4) is 0 Å². The molecule has 3 rings (SSSR count). The molecule has 3 fully saturated rings. The fraction of sp³-hybridized carbons (Fsp3) is 0.941. The minimum absolute atomic E-state index is 0.346. The van der Waals surface area contributed by atoms with E-state index in [9.17, 15) is 4.79 Å². The summed E-state index contributed by atoms with van der Waals surface area (Å²) in [5.74, 6) is 0.346. The first-order valence-electron chi connectivity index (χ1n) is 8.94. The summed E-state index contributed by atoms with van der Waals surface area (Å²) in [7, 11) is 0. The van der Waals surface area contributed by atoms with Gasteiger partial charge in [-0.25, -0.2) is 0 Å². The van der Waals surface area contributed by atoms with E-state index in [1.165, 1.54) is 51.5 Å². The molecule has 0 bridgehead atoms. The topological polar surface area (TPSA) is 32.8 Å². The SMILES string of the molecule is CCC(=O)N1CCCC1C1CCCN1CC1CCCCO1. The van der Waals surface area contributed by atoms with Crippen molar-refractivity contribution in [3.8, 4) is 0 Å². The third-order valence-corrected chi connectivity index (χ3v) is 5.49. The Morgan fingerprint density at radius 1 is 1.05 bits per heavy atom. The average Bonchev–Trinajstić information content (AvgIpc) is 3.16. The maximum absolute atomic E-state index is 12.2. The fourth-order valence-corrected chi connectivity index (χ4v) is 4.43. The number of hydrogen-bond donors (Lipinski definition) is 0. The van der Waals surface area contributed by atoms with Gasteiger partial charge >= 0.3 is 0 Å². The van der Waals surface area contributed by atoms with E-state index < -0.39 is 0 Å². The van der Waals surface area contributed by atoms with Crippen molar-refractivity contribution in [3.63, 3.8) is 0 Å². The lowest BCUT2D eigenvalue weighted by Gasteiger charge is -2.37. The van der Waals surface area contributed by atoms with Crippen LogP contribution >= 0.6 is 0 Å². The Balaban J connectivity index is 1.61. The summed E-state index contributed by atoms with van der Waals surface area (Å²) in [5.41, 5.74) is 0. The van der Waals surface area contributed by atoms with Gasteiger partial charge in [-0.1, -0.05) is 6.92 Å². The maximum atomic E-state index is 12.2. The summed E-state index contributed by atoms with van der Waals surface area (Å²) in [5, 5.41) is 0. The van der Waals surface area contributed by atoms with Crippen LogP contribution in [0.1, 0.15) is 58.3 Å². The van der Waals surface area contributed by atoms with E-state index in [-0.39, 0.29) is 0 Å². The van der Waals surface area contributed by atoms with Gasteiger partial charge in [0.05, 0.1) is 6.10 Å². The van der Waals surface area contributed by atoms with Gasteiger partial charge in [0.2, 0.25) is 5.91 Å². The van der Waals surface area contributed by atoms with Crippen molar-refractivity contribution in [1.82, 2.24) is 9.80 Å². The van der Waals surface area contributed by atoms with Crippen LogP contribution in [0.5, 0.6) is 0 Å². The lowest BCUT2D eigenvalue weighted by atomic mass is 10.0. The molecule has 4 nitrogen and oxygen atoms in total. The Bertz CT molecular complexity index is 355. The van der Waals surface area contributed by atoms with Crippen molar-refractivity contribution in [3.05, 3.63) is 0 Å². The van der Waals surface area contributed by atoms with Gasteiger partial charge in [0.15, 0.2) is 0 Å². The van der Waals surface area contributed by atoms with E-state index >= 15 is 0 Å². The van der Waals surface area contributed by atoms with Gasteiger partial charge in [-0.3, -0.25) is 9.69 Å². The molecule has 0 aromatic heterocycles. The van der Waals surface area contributed by atoms with Gasteiger partial charge in [0.1, 0.15) is 0 Å². The van der Waals surface area contributed by atoms with Gasteiger partial charge in [-0.05, 0) is 51.5 Å². The smallest absolute Gasteiger partial charge is 0.222 e. The molecule has 3 aliphatic rings. The summed E-state index contributed by atoms with van der Waals surface area (Å²) < 4.78 is 5.92. The van der Waals surface area contributed by atoms with Crippen LogP contribution in [0.25, 0.3) is 0 Å². The molecule has 3 atom stereocenters. The fourth-order valence-electron chi connectivity index (χ4n) is 4.43. The van der Waals surface area contributed by atoms with E-state index in [0.29, 0.717) is 30.5 Å². The van der Waals surface area contributed by atoms with Gasteiger partial charge in [0.25, 0.3) is 0 Å². The first kappa shape index (κ1) is 15.3. The third kappa shape index (κ3) is 3.42. The number of ether oxygens (including phenoxy) is 1. The molecular formula is C17H30N2O2. The van der Waals surface area contributed by atoms with Gasteiger partial charge in [-0.15, -0.1) is 0 Å². The van der Waals surface area contributed by atoms with Crippen molar-refractivity contribution in [2.75, 3.05) is 26.2 Å². The Hall–Kier alpha value is -0.610. The highest BCUT2D eigenvalue weighted by Gasteiger charge is 2.39. The zero-order valence-electron chi connectivity index (χ0n) is 13.4. The summed E-state index contributed by atoms with van der Waals surface area (Å²) >= 11 is 0. The Labute approximate surface area is 128 Å². The number of nitrogens with zero attached hydrogens (tertiary/aromatic N) is 2. The zero-order chi connectivity index (χ0) is 14.7. The molecule has 3 aliphatic heterocycles. The number of amides is 1. The molecule has 120 valence electrons. The van der Waals surface area contributed by atoms with Crippen LogP contribution in [-0.4, -0.2) is 60.1 Å². The summed E-state index contributed by atoms with van der Waals surface area (Å²) in [6, 6.07) is 1.04. The Kier molecular flexibility index (Phi) is 5.17. The highest BCUT2D eigenvalue weighted by atomic mass is 16.5. The maximum Gasteiger partial charge on any atom is 0.222 e. The van der Waals surface area contributed by atoms with E-state index in [4.69, 9.17) is 4.74 Å². The number of likely N-dealkylation sites (tertiary alicyclic amines) is 2. The second-order valence-electron chi connectivity index (χ2n) is 6.84. The monoisotopic (exact) mass is 294 g/mol. The van der Waals surface area contributed by atoms with Crippen molar-refractivity contribution in [2.24, 2.45) is 0 Å². The molecule has 0 aromatic rings. The predicted octanol–water partition coefficient (Wildman–Crippen LogP) is 2.42. The molecule has 0 aliphatic carbocycles. The number of rotatable bonds is 4. The highest BCUT2D eigenvalue weighted by Crippen LogP contribution is 2.31. The summed E-state index contributed by atoms with van der Waals surface area (Å²) in [4.78, 5) is 17.0. The molecule has 21 heavy (non-hydrogen) atoms. The normalized spacial score (nSPS) is 34.5. The van der Waals surface area contributed by atoms with Gasteiger partial charge in [-0.2, -0.15) is 0 Å². The van der Waals surface area contributed by atoms with Crippen LogP contribution in [0.4, 0.5) is 0 Å². The molecule has 4 heteroatoms. The second kappa shape index (κ2) is 7.10. The van der Waals surface area contributed by atoms with Crippen molar-refractivity contribution in [1.29, 1.82) is 0 Å². The third-order valence-electron chi connectivity index (χ3n) is 5.49. The van der Waals surface area contributed by atoms with Gasteiger partial charge in [0, 0.05) is 38.2 Å². The molecule has 0 aromatic carbocycles. The van der Waals surface area contributed by atoms with Crippen LogP contribution in [0.15, 0.2) is 0 Å². The first-order valence-corrected chi connectivity index (χ1v) is 8.94. The summed E-state index contributed by atoms with van der Waals surface area (Å²) in [6.45, 7) is 6.17. The van der Waals surface area contributed by atoms with E-state index in [2.05, 4.69) is 9.80 Å². The Morgan fingerprint density at radius 2 is 1.86 bits per heavy atom. The standard InChI is InChI=1S/C17H30N2O2/c1-2-17(20)19-11-6-9-16(19)15-8-5-10-18(15)13-14-7-3-4-12-21-14/h14-16H,2-13H2,1H3. The Morgan fingerprint density at radius 3 is 2.62 bits per heavy atom. The van der Waals surface area contributed by atoms with Crippen LogP contribution < -0.4 is 0 Å². The van der Waals surface area contributed by atoms with Crippen molar-refractivity contribution in [2.45, 2.75) is 76.5 Å². The van der Waals surface area contributed by atoms with Gasteiger partial charge < -0.3 is 9.64 Å². The van der Waals surface area contributed by atoms with Crippen LogP contribution in [0, 0.1) is 0 Å². The van der Waals surface area contributed by atoms with Crippen LogP contribution in [-0.2, 0) is 9.53 Å². The summed E-state index contributed by atoms with van der Waals surface area (Å²) in [6.07, 6.45) is 9.73. The molecular weight excluding hydrogens is 264 g/mol. The molecule has 3 unspecified atom stereocenters. The minimum atomic E-state index is 0.346.